The number of nitrogens with one attached hydrogen (secondary N) is 1. The van der Waals surface area contributed by atoms with Gasteiger partial charge in [0.2, 0.25) is 0 Å². The maximum Gasteiger partial charge on any atom is 0.350 e. The SMILES string of the molecule is O=C(O)/C=C/Cn1cc([N+](=O)[O-])c(=O)[nH]c1=O. The summed E-state index contributed by atoms with van der Waals surface area (Å²) >= 11 is 0. The minimum absolute atomic E-state index is 0.192. The Morgan fingerprint density at radius 3 is 2.76 bits per heavy atom. The number of rotatable bonds is 4. The Labute approximate surface area is 92.8 Å². The van der Waals surface area contributed by atoms with Crippen LogP contribution in [0.1, 0.15) is 0 Å². The fourth-order valence-corrected chi connectivity index (χ4v) is 1.03. The van der Waals surface area contributed by atoms with Gasteiger partial charge in [-0.1, -0.05) is 6.08 Å². The van der Waals surface area contributed by atoms with Gasteiger partial charge in [-0.15, -0.1) is 0 Å². The highest BCUT2D eigenvalue weighted by Crippen LogP contribution is 1.98. The number of nitrogens with zero attached hydrogens (tertiary/aromatic N) is 2. The molecule has 0 saturated carbocycles. The molecule has 1 aromatic heterocycles. The molecule has 0 atom stereocenters. The van der Waals surface area contributed by atoms with Crippen molar-refractivity contribution in [3.8, 4) is 0 Å². The van der Waals surface area contributed by atoms with Crippen molar-refractivity contribution in [2.45, 2.75) is 6.54 Å². The molecule has 0 radical (unpaired) electrons. The van der Waals surface area contributed by atoms with Crippen LogP contribution in [-0.4, -0.2) is 25.6 Å². The van der Waals surface area contributed by atoms with Crippen molar-refractivity contribution >= 4 is 11.7 Å². The number of aromatic nitrogens is 2. The third-order valence-electron chi connectivity index (χ3n) is 1.75. The van der Waals surface area contributed by atoms with E-state index >= 15 is 0 Å². The van der Waals surface area contributed by atoms with E-state index in [-0.39, 0.29) is 6.54 Å². The maximum absolute atomic E-state index is 11.2. The van der Waals surface area contributed by atoms with Crippen LogP contribution in [0, 0.1) is 10.1 Å². The summed E-state index contributed by atoms with van der Waals surface area (Å²) < 4.78 is 0.818. The van der Waals surface area contributed by atoms with Crippen molar-refractivity contribution in [2.24, 2.45) is 0 Å². The van der Waals surface area contributed by atoms with Gasteiger partial charge >= 0.3 is 22.9 Å². The highest BCUT2D eigenvalue weighted by Gasteiger charge is 2.13. The zero-order valence-electron chi connectivity index (χ0n) is 8.32. The second-order valence-electron chi connectivity index (χ2n) is 2.92. The Balaban J connectivity index is 3.13. The predicted octanol–water partition coefficient (Wildman–Crippen LogP) is -0.914. The lowest BCUT2D eigenvalue weighted by Crippen LogP contribution is -2.30. The molecule has 2 N–H and O–H groups in total. The van der Waals surface area contributed by atoms with Gasteiger partial charge in [0.15, 0.2) is 0 Å². The summed E-state index contributed by atoms with van der Waals surface area (Å²) in [4.78, 5) is 43.6. The molecular formula is C8H7N3O6. The Morgan fingerprint density at radius 2 is 2.24 bits per heavy atom. The maximum atomic E-state index is 11.2. The van der Waals surface area contributed by atoms with Gasteiger partial charge in [0.25, 0.3) is 0 Å². The summed E-state index contributed by atoms with van der Waals surface area (Å²) in [7, 11) is 0. The van der Waals surface area contributed by atoms with Gasteiger partial charge in [0.05, 0.1) is 11.1 Å². The molecule has 1 heterocycles. The Morgan fingerprint density at radius 1 is 1.59 bits per heavy atom. The number of carbonyl (C=O) groups is 1. The smallest absolute Gasteiger partial charge is 0.350 e. The summed E-state index contributed by atoms with van der Waals surface area (Å²) in [5.41, 5.74) is -2.73. The molecule has 17 heavy (non-hydrogen) atoms. The lowest BCUT2D eigenvalue weighted by Gasteiger charge is -1.99. The molecule has 0 unspecified atom stereocenters. The molecule has 0 spiro atoms. The van der Waals surface area contributed by atoms with Crippen molar-refractivity contribution in [3.05, 3.63) is 49.3 Å². The molecule has 0 aromatic carbocycles. The molecule has 0 saturated heterocycles. The first-order chi connectivity index (χ1) is 7.91. The van der Waals surface area contributed by atoms with Crippen LogP contribution < -0.4 is 11.2 Å². The monoisotopic (exact) mass is 241 g/mol. The quantitative estimate of drug-likeness (QED) is 0.397. The fraction of sp³-hybridized carbons (Fsp3) is 0.125. The number of hydrogen-bond acceptors (Lipinski definition) is 5. The number of H-pyrrole nitrogens is 1. The number of aliphatic carboxylic acids is 1. The highest BCUT2D eigenvalue weighted by atomic mass is 16.6. The molecule has 1 rings (SSSR count). The van der Waals surface area contributed by atoms with Crippen LogP contribution in [0.25, 0.3) is 0 Å². The number of hydrogen-bond donors (Lipinski definition) is 2. The van der Waals surface area contributed by atoms with Crippen molar-refractivity contribution in [1.82, 2.24) is 9.55 Å². The number of allylic oxidation sites excluding steroid dienone is 1. The minimum Gasteiger partial charge on any atom is -0.478 e. The van der Waals surface area contributed by atoms with E-state index < -0.39 is 27.8 Å². The first kappa shape index (κ1) is 12.4. The van der Waals surface area contributed by atoms with Crippen molar-refractivity contribution in [1.29, 1.82) is 0 Å². The molecule has 0 amide bonds. The van der Waals surface area contributed by atoms with E-state index in [4.69, 9.17) is 5.11 Å². The predicted molar refractivity (Wildman–Crippen MR) is 54.8 cm³/mol. The zero-order valence-corrected chi connectivity index (χ0v) is 8.32. The molecule has 0 aliphatic carbocycles. The van der Waals surface area contributed by atoms with Crippen LogP contribution in [-0.2, 0) is 11.3 Å². The molecule has 0 aliphatic heterocycles. The van der Waals surface area contributed by atoms with Gasteiger partial charge in [-0.3, -0.25) is 24.5 Å². The Hall–Kier alpha value is -2.71. The van der Waals surface area contributed by atoms with Gasteiger partial charge in [0.1, 0.15) is 0 Å². The van der Waals surface area contributed by atoms with Crippen LogP contribution in [0.2, 0.25) is 0 Å². The number of carboxylic acids is 1. The van der Waals surface area contributed by atoms with Crippen LogP contribution in [0.4, 0.5) is 5.69 Å². The lowest BCUT2D eigenvalue weighted by molar-refractivity contribution is -0.386. The number of carboxylic acid groups (broad SMARTS) is 1. The second-order valence-corrected chi connectivity index (χ2v) is 2.92. The molecule has 9 heteroatoms. The van der Waals surface area contributed by atoms with E-state index in [1.165, 1.54) is 0 Å². The van der Waals surface area contributed by atoms with E-state index in [1.807, 2.05) is 0 Å². The van der Waals surface area contributed by atoms with E-state index in [1.54, 1.807) is 4.98 Å². The average molecular weight is 241 g/mol. The summed E-state index contributed by atoms with van der Waals surface area (Å²) in [6.45, 7) is -0.192. The van der Waals surface area contributed by atoms with Crippen LogP contribution in [0.15, 0.2) is 27.9 Å². The highest BCUT2D eigenvalue weighted by molar-refractivity contribution is 5.79. The summed E-state index contributed by atoms with van der Waals surface area (Å²) in [6, 6.07) is 0. The van der Waals surface area contributed by atoms with E-state index in [9.17, 15) is 24.5 Å². The standard InChI is InChI=1S/C8H7N3O6/c12-6(13)2-1-3-10-4-5(11(16)17)7(14)9-8(10)15/h1-2,4H,3H2,(H,12,13)(H,9,14,15)/b2-1+. The minimum atomic E-state index is -1.21. The average Bonchev–Trinajstić information content (AvgIpc) is 2.20. The number of aromatic amines is 1. The topological polar surface area (TPSA) is 135 Å². The normalized spacial score (nSPS) is 10.6. The lowest BCUT2D eigenvalue weighted by atomic mass is 10.4. The number of nitro groups is 1. The van der Waals surface area contributed by atoms with Gasteiger partial charge in [-0.25, -0.2) is 9.59 Å². The first-order valence-corrected chi connectivity index (χ1v) is 4.29. The van der Waals surface area contributed by atoms with Crippen LogP contribution >= 0.6 is 0 Å². The second kappa shape index (κ2) is 4.88. The van der Waals surface area contributed by atoms with Crippen LogP contribution in [0.3, 0.4) is 0 Å². The van der Waals surface area contributed by atoms with E-state index in [0.717, 1.165) is 22.9 Å². The molecule has 9 nitrogen and oxygen atoms in total. The first-order valence-electron chi connectivity index (χ1n) is 4.29. The van der Waals surface area contributed by atoms with Crippen LogP contribution in [0.5, 0.6) is 0 Å². The largest absolute Gasteiger partial charge is 0.478 e. The van der Waals surface area contributed by atoms with Gasteiger partial charge in [-0.2, -0.15) is 0 Å². The van der Waals surface area contributed by atoms with Gasteiger partial charge < -0.3 is 5.11 Å². The Bertz CT molecular complexity index is 596. The van der Waals surface area contributed by atoms with Gasteiger partial charge in [-0.05, 0) is 0 Å². The summed E-state index contributed by atoms with van der Waals surface area (Å²) in [5.74, 6) is -1.21. The summed E-state index contributed by atoms with van der Waals surface area (Å²) in [6.07, 6.45) is 2.66. The molecule has 1 aromatic rings. The third-order valence-corrected chi connectivity index (χ3v) is 1.75. The van der Waals surface area contributed by atoms with Crippen molar-refractivity contribution < 1.29 is 14.8 Å². The Kier molecular flexibility index (Phi) is 3.55. The summed E-state index contributed by atoms with van der Waals surface area (Å²) in [5, 5.41) is 18.7. The van der Waals surface area contributed by atoms with Crippen molar-refractivity contribution in [3.63, 3.8) is 0 Å². The molecule has 0 fully saturated rings. The van der Waals surface area contributed by atoms with Crippen molar-refractivity contribution in [2.75, 3.05) is 0 Å². The third kappa shape index (κ3) is 3.12. The van der Waals surface area contributed by atoms with E-state index in [2.05, 4.69) is 0 Å². The molecular weight excluding hydrogens is 234 g/mol. The fourth-order valence-electron chi connectivity index (χ4n) is 1.03. The zero-order chi connectivity index (χ0) is 13.0. The molecule has 0 bridgehead atoms. The van der Waals surface area contributed by atoms with Gasteiger partial charge in [0, 0.05) is 12.6 Å². The van der Waals surface area contributed by atoms with E-state index in [0.29, 0.717) is 0 Å². The molecule has 90 valence electrons. The molecule has 0 aliphatic rings.